The summed E-state index contributed by atoms with van der Waals surface area (Å²) in [5.41, 5.74) is 2.24. The van der Waals surface area contributed by atoms with Crippen molar-refractivity contribution in [3.8, 4) is 6.07 Å². The van der Waals surface area contributed by atoms with Gasteiger partial charge in [0.25, 0.3) is 0 Å². The molecule has 1 fully saturated rings. The molecule has 1 aromatic carbocycles. The third-order valence-corrected chi connectivity index (χ3v) is 3.88. The maximum atomic E-state index is 9.23. The Kier molecular flexibility index (Phi) is 4.85. The zero-order valence-electron chi connectivity index (χ0n) is 12.2. The monoisotopic (exact) mass is 375 g/mol. The quantitative estimate of drug-likeness (QED) is 0.784. The number of H-pyrrole nitrogens is 1. The molecule has 0 aliphatic carbocycles. The smallest absolute Gasteiger partial charge is 0.216 e. The fourth-order valence-electron chi connectivity index (χ4n) is 2.28. The molecule has 23 heavy (non-hydrogen) atoms. The molecule has 0 bridgehead atoms. The molecule has 0 saturated carbocycles. The predicted octanol–water partition coefficient (Wildman–Crippen LogP) is 1.78. The second-order valence-corrected chi connectivity index (χ2v) is 5.73. The van der Waals surface area contributed by atoms with Gasteiger partial charge in [-0.25, -0.2) is 0 Å². The van der Waals surface area contributed by atoms with Crippen LogP contribution in [0.1, 0.15) is 5.82 Å². The molecule has 0 atom stereocenters. The van der Waals surface area contributed by atoms with Crippen LogP contribution in [0.15, 0.2) is 28.9 Å². The van der Waals surface area contributed by atoms with Crippen LogP contribution in [-0.4, -0.2) is 46.9 Å². The first-order chi connectivity index (χ1) is 11.3. The maximum Gasteiger partial charge on any atom is 0.216 e. The van der Waals surface area contributed by atoms with E-state index < -0.39 is 0 Å². The summed E-state index contributed by atoms with van der Waals surface area (Å²) in [6.07, 6.45) is 1.58. The lowest BCUT2D eigenvalue weighted by Crippen LogP contribution is -2.36. The molecule has 3 rings (SSSR count). The van der Waals surface area contributed by atoms with Crippen LogP contribution in [0.25, 0.3) is 5.57 Å². The van der Waals surface area contributed by atoms with Crippen LogP contribution in [0.5, 0.6) is 0 Å². The highest BCUT2D eigenvalue weighted by molar-refractivity contribution is 9.10. The van der Waals surface area contributed by atoms with E-state index >= 15 is 0 Å². The van der Waals surface area contributed by atoms with Crippen LogP contribution in [-0.2, 0) is 4.74 Å². The minimum Gasteiger partial charge on any atom is -0.378 e. The number of hydrogen-bond donors (Lipinski definition) is 2. The van der Waals surface area contributed by atoms with Crippen molar-refractivity contribution in [2.75, 3.05) is 36.5 Å². The fourth-order valence-corrected chi connectivity index (χ4v) is 2.64. The average Bonchev–Trinajstić information content (AvgIpc) is 3.11. The number of nitrogens with one attached hydrogen (secondary N) is 2. The van der Waals surface area contributed by atoms with E-state index in [4.69, 9.17) is 4.74 Å². The van der Waals surface area contributed by atoms with Gasteiger partial charge >= 0.3 is 0 Å². The summed E-state index contributed by atoms with van der Waals surface area (Å²) in [4.78, 5) is 2.24. The zero-order chi connectivity index (χ0) is 16.1. The highest BCUT2D eigenvalue weighted by Gasteiger charge is 2.15. The Hall–Kier alpha value is -2.44. The molecular formula is C14H14BrN7O. The zero-order valence-corrected chi connectivity index (χ0v) is 13.7. The van der Waals surface area contributed by atoms with Crippen molar-refractivity contribution in [1.82, 2.24) is 20.6 Å². The van der Waals surface area contributed by atoms with Crippen LogP contribution in [0.3, 0.4) is 0 Å². The summed E-state index contributed by atoms with van der Waals surface area (Å²) >= 11 is 3.47. The van der Waals surface area contributed by atoms with Crippen molar-refractivity contribution >= 4 is 32.9 Å². The maximum absolute atomic E-state index is 9.23. The molecule has 0 spiro atoms. The molecular weight excluding hydrogens is 362 g/mol. The van der Waals surface area contributed by atoms with E-state index in [0.29, 0.717) is 18.8 Å². The summed E-state index contributed by atoms with van der Waals surface area (Å²) in [7, 11) is 0. The van der Waals surface area contributed by atoms with Gasteiger partial charge < -0.3 is 15.0 Å². The van der Waals surface area contributed by atoms with Crippen molar-refractivity contribution < 1.29 is 4.74 Å². The van der Waals surface area contributed by atoms with Crippen LogP contribution >= 0.6 is 15.9 Å². The normalized spacial score (nSPS) is 15.3. The molecule has 1 saturated heterocycles. The second-order valence-electron chi connectivity index (χ2n) is 4.81. The number of nitrogens with zero attached hydrogens (tertiary/aromatic N) is 5. The molecule has 1 aliphatic heterocycles. The number of ether oxygens (including phenoxy) is 1. The summed E-state index contributed by atoms with van der Waals surface area (Å²) in [6.45, 7) is 3.07. The molecule has 1 aliphatic rings. The molecule has 2 aromatic rings. The van der Waals surface area contributed by atoms with E-state index in [1.54, 1.807) is 6.20 Å². The number of aromatic amines is 1. The molecule has 0 amide bonds. The molecule has 2 N–H and O–H groups in total. The number of anilines is 2. The van der Waals surface area contributed by atoms with Crippen LogP contribution in [0.2, 0.25) is 0 Å². The van der Waals surface area contributed by atoms with Gasteiger partial charge in [0, 0.05) is 23.8 Å². The van der Waals surface area contributed by atoms with E-state index in [-0.39, 0.29) is 5.82 Å². The lowest BCUT2D eigenvalue weighted by molar-refractivity contribution is 0.123. The van der Waals surface area contributed by atoms with Crippen LogP contribution in [0.4, 0.5) is 11.4 Å². The number of morpholine rings is 1. The van der Waals surface area contributed by atoms with Gasteiger partial charge in [0.1, 0.15) is 11.6 Å². The van der Waals surface area contributed by atoms with E-state index in [9.17, 15) is 5.26 Å². The molecule has 0 radical (unpaired) electrons. The minimum absolute atomic E-state index is 0.253. The van der Waals surface area contributed by atoms with Crippen molar-refractivity contribution in [2.45, 2.75) is 0 Å². The number of halogens is 1. The molecule has 9 heteroatoms. The standard InChI is InChI=1S/C14H14BrN7O/c15-11-1-2-13(22-3-5-23-6-4-22)12(7-11)17-9-10(8-16)14-18-20-21-19-14/h1-2,7,9,17H,3-6H2,(H,18,19,20,21). The van der Waals surface area contributed by atoms with Gasteiger partial charge in [-0.3, -0.25) is 0 Å². The number of benzene rings is 1. The highest BCUT2D eigenvalue weighted by Crippen LogP contribution is 2.30. The summed E-state index contributed by atoms with van der Waals surface area (Å²) in [6, 6.07) is 8.05. The fraction of sp³-hybridized carbons (Fsp3) is 0.286. The van der Waals surface area contributed by atoms with Crippen LogP contribution in [0, 0.1) is 11.3 Å². The Bertz CT molecular complexity index is 732. The lowest BCUT2D eigenvalue weighted by Gasteiger charge is -2.30. The van der Waals surface area contributed by atoms with Gasteiger partial charge in [-0.05, 0) is 23.4 Å². The molecule has 118 valence electrons. The van der Waals surface area contributed by atoms with Gasteiger partial charge in [-0.15, -0.1) is 10.2 Å². The minimum atomic E-state index is 0.253. The lowest BCUT2D eigenvalue weighted by atomic mass is 10.2. The first kappa shape index (κ1) is 15.5. The Labute approximate surface area is 141 Å². The number of nitriles is 1. The Morgan fingerprint density at radius 3 is 2.96 bits per heavy atom. The van der Waals surface area contributed by atoms with E-state index in [1.807, 2.05) is 18.2 Å². The van der Waals surface area contributed by atoms with Gasteiger partial charge in [-0.1, -0.05) is 15.9 Å². The Morgan fingerprint density at radius 1 is 1.43 bits per heavy atom. The first-order valence-electron chi connectivity index (χ1n) is 7.01. The number of rotatable bonds is 4. The Balaban J connectivity index is 1.87. The largest absolute Gasteiger partial charge is 0.378 e. The first-order valence-corrected chi connectivity index (χ1v) is 7.80. The van der Waals surface area contributed by atoms with Crippen molar-refractivity contribution in [3.05, 3.63) is 34.7 Å². The summed E-state index contributed by atoms with van der Waals surface area (Å²) < 4.78 is 6.34. The van der Waals surface area contributed by atoms with Gasteiger partial charge in [0.15, 0.2) is 0 Å². The van der Waals surface area contributed by atoms with Gasteiger partial charge in [0.05, 0.1) is 24.6 Å². The van der Waals surface area contributed by atoms with Crippen molar-refractivity contribution in [2.24, 2.45) is 0 Å². The highest BCUT2D eigenvalue weighted by atomic mass is 79.9. The molecule has 0 unspecified atom stereocenters. The Morgan fingerprint density at radius 2 is 2.26 bits per heavy atom. The molecule has 2 heterocycles. The average molecular weight is 376 g/mol. The molecule has 1 aromatic heterocycles. The van der Waals surface area contributed by atoms with E-state index in [0.717, 1.165) is 28.9 Å². The second kappa shape index (κ2) is 7.21. The van der Waals surface area contributed by atoms with E-state index in [1.165, 1.54) is 0 Å². The summed E-state index contributed by atoms with van der Waals surface area (Å²) in [5.74, 6) is 0.253. The number of aromatic nitrogens is 4. The number of hydrogen-bond acceptors (Lipinski definition) is 7. The van der Waals surface area contributed by atoms with Gasteiger partial charge in [0.2, 0.25) is 5.82 Å². The topological polar surface area (TPSA) is 103 Å². The molecule has 8 nitrogen and oxygen atoms in total. The van der Waals surface area contributed by atoms with Crippen molar-refractivity contribution in [3.63, 3.8) is 0 Å². The van der Waals surface area contributed by atoms with Gasteiger partial charge in [-0.2, -0.15) is 10.5 Å². The summed E-state index contributed by atoms with van der Waals surface area (Å²) in [5, 5.41) is 25.8. The van der Waals surface area contributed by atoms with Crippen molar-refractivity contribution in [1.29, 1.82) is 5.26 Å². The van der Waals surface area contributed by atoms with E-state index in [2.05, 4.69) is 52.8 Å². The number of tetrazole rings is 1. The van der Waals surface area contributed by atoms with Crippen LogP contribution < -0.4 is 10.2 Å². The third kappa shape index (κ3) is 3.67. The third-order valence-electron chi connectivity index (χ3n) is 3.39. The predicted molar refractivity (Wildman–Crippen MR) is 88.6 cm³/mol. The SMILES string of the molecule is N#CC(=CNc1cc(Br)ccc1N1CCOCC1)c1nn[nH]n1. The number of allylic oxidation sites excluding steroid dienone is 1.